The van der Waals surface area contributed by atoms with Gasteiger partial charge in [-0.2, -0.15) is 0 Å². The Hall–Kier alpha value is -2.50. The zero-order valence-corrected chi connectivity index (χ0v) is 17.2. The van der Waals surface area contributed by atoms with Gasteiger partial charge in [0, 0.05) is 31.3 Å². The molecule has 0 saturated heterocycles. The van der Waals surface area contributed by atoms with Gasteiger partial charge in [0.05, 0.1) is 12.3 Å². The van der Waals surface area contributed by atoms with E-state index in [0.717, 1.165) is 61.1 Å². The first-order valence-electron chi connectivity index (χ1n) is 9.63. The minimum absolute atomic E-state index is 0.670. The SMILES string of the molecule is CCCOc1cc(C)ccc1CNC(=NC)NCCCc1c(C)noc1C. The molecule has 1 heterocycles. The third-order valence-corrected chi connectivity index (χ3v) is 4.43. The summed E-state index contributed by atoms with van der Waals surface area (Å²) in [6.45, 7) is 10.4. The van der Waals surface area contributed by atoms with Gasteiger partial charge in [-0.3, -0.25) is 4.99 Å². The highest BCUT2D eigenvalue weighted by molar-refractivity contribution is 5.79. The molecule has 0 aliphatic heterocycles. The summed E-state index contributed by atoms with van der Waals surface area (Å²) in [5.74, 6) is 2.64. The number of hydrogen-bond acceptors (Lipinski definition) is 4. The van der Waals surface area contributed by atoms with Gasteiger partial charge in [0.25, 0.3) is 0 Å². The number of guanidine groups is 1. The molecule has 0 amide bonds. The van der Waals surface area contributed by atoms with Gasteiger partial charge in [-0.05, 0) is 51.7 Å². The minimum atomic E-state index is 0.670. The van der Waals surface area contributed by atoms with Crippen molar-refractivity contribution in [3.05, 3.63) is 46.3 Å². The van der Waals surface area contributed by atoms with E-state index < -0.39 is 0 Å². The molecule has 2 rings (SSSR count). The number of nitrogens with zero attached hydrogens (tertiary/aromatic N) is 2. The first-order chi connectivity index (χ1) is 13.0. The maximum absolute atomic E-state index is 5.88. The van der Waals surface area contributed by atoms with Crippen LogP contribution in [0.2, 0.25) is 0 Å². The average Bonchev–Trinajstić information content (AvgIpc) is 2.98. The second-order valence-electron chi connectivity index (χ2n) is 6.72. The molecular formula is C21H32N4O2. The lowest BCUT2D eigenvalue weighted by molar-refractivity contribution is 0.313. The van der Waals surface area contributed by atoms with Crippen LogP contribution in [0.3, 0.4) is 0 Å². The fourth-order valence-corrected chi connectivity index (χ4v) is 2.88. The Morgan fingerprint density at radius 1 is 1.22 bits per heavy atom. The molecule has 2 aromatic rings. The maximum atomic E-state index is 5.88. The summed E-state index contributed by atoms with van der Waals surface area (Å²) in [5, 5.41) is 10.7. The molecule has 2 N–H and O–H groups in total. The molecule has 0 aliphatic rings. The number of hydrogen-bond donors (Lipinski definition) is 2. The van der Waals surface area contributed by atoms with Crippen molar-refractivity contribution in [2.24, 2.45) is 4.99 Å². The van der Waals surface area contributed by atoms with E-state index >= 15 is 0 Å². The van der Waals surface area contributed by atoms with E-state index in [2.05, 4.69) is 52.8 Å². The van der Waals surface area contributed by atoms with Crippen molar-refractivity contribution < 1.29 is 9.26 Å². The van der Waals surface area contributed by atoms with Crippen LogP contribution in [-0.2, 0) is 13.0 Å². The third kappa shape index (κ3) is 6.31. The van der Waals surface area contributed by atoms with Crippen molar-refractivity contribution in [2.75, 3.05) is 20.2 Å². The number of aryl methyl sites for hydroxylation is 3. The van der Waals surface area contributed by atoms with Crippen LogP contribution < -0.4 is 15.4 Å². The van der Waals surface area contributed by atoms with Crippen LogP contribution in [0.15, 0.2) is 27.7 Å². The van der Waals surface area contributed by atoms with Crippen molar-refractivity contribution in [1.29, 1.82) is 0 Å². The molecule has 148 valence electrons. The molecule has 0 saturated carbocycles. The predicted molar refractivity (Wildman–Crippen MR) is 109 cm³/mol. The van der Waals surface area contributed by atoms with Crippen LogP contribution in [0.5, 0.6) is 5.75 Å². The van der Waals surface area contributed by atoms with Crippen LogP contribution in [0.4, 0.5) is 0 Å². The molecule has 0 bridgehead atoms. The van der Waals surface area contributed by atoms with E-state index in [9.17, 15) is 0 Å². The molecule has 0 fully saturated rings. The van der Waals surface area contributed by atoms with E-state index in [-0.39, 0.29) is 0 Å². The van der Waals surface area contributed by atoms with E-state index in [1.165, 1.54) is 11.1 Å². The first kappa shape index (κ1) is 20.8. The van der Waals surface area contributed by atoms with Gasteiger partial charge in [0.1, 0.15) is 11.5 Å². The smallest absolute Gasteiger partial charge is 0.191 e. The van der Waals surface area contributed by atoms with Gasteiger partial charge in [0.2, 0.25) is 0 Å². The molecule has 1 aromatic carbocycles. The summed E-state index contributed by atoms with van der Waals surface area (Å²) in [6.07, 6.45) is 2.92. The van der Waals surface area contributed by atoms with Crippen LogP contribution >= 0.6 is 0 Å². The topological polar surface area (TPSA) is 71.7 Å². The van der Waals surface area contributed by atoms with Gasteiger partial charge in [0.15, 0.2) is 5.96 Å². The number of nitrogens with one attached hydrogen (secondary N) is 2. The first-order valence-corrected chi connectivity index (χ1v) is 9.63. The van der Waals surface area contributed by atoms with E-state index in [1.54, 1.807) is 7.05 Å². The highest BCUT2D eigenvalue weighted by Crippen LogP contribution is 2.20. The summed E-state index contributed by atoms with van der Waals surface area (Å²) in [7, 11) is 1.78. The maximum Gasteiger partial charge on any atom is 0.191 e. The molecule has 0 spiro atoms. The largest absolute Gasteiger partial charge is 0.493 e. The van der Waals surface area contributed by atoms with Gasteiger partial charge in [-0.25, -0.2) is 0 Å². The Bertz CT molecular complexity index is 733. The molecule has 0 aliphatic carbocycles. The number of aliphatic imine (C=N–C) groups is 1. The van der Waals surface area contributed by atoms with E-state index in [1.807, 2.05) is 13.8 Å². The number of benzene rings is 1. The Morgan fingerprint density at radius 2 is 2.04 bits per heavy atom. The molecule has 6 heteroatoms. The zero-order valence-electron chi connectivity index (χ0n) is 17.2. The van der Waals surface area contributed by atoms with Crippen molar-refractivity contribution in [1.82, 2.24) is 15.8 Å². The molecule has 0 radical (unpaired) electrons. The zero-order chi connectivity index (χ0) is 19.6. The van der Waals surface area contributed by atoms with Crippen molar-refractivity contribution in [2.45, 2.75) is 53.5 Å². The third-order valence-electron chi connectivity index (χ3n) is 4.43. The van der Waals surface area contributed by atoms with Crippen LogP contribution in [0.1, 0.15) is 47.9 Å². The second-order valence-corrected chi connectivity index (χ2v) is 6.72. The van der Waals surface area contributed by atoms with E-state index in [0.29, 0.717) is 6.54 Å². The van der Waals surface area contributed by atoms with Crippen LogP contribution in [0, 0.1) is 20.8 Å². The number of ether oxygens (including phenoxy) is 1. The lowest BCUT2D eigenvalue weighted by Gasteiger charge is -2.15. The highest BCUT2D eigenvalue weighted by atomic mass is 16.5. The normalized spacial score (nSPS) is 11.5. The fourth-order valence-electron chi connectivity index (χ4n) is 2.88. The standard InChI is InChI=1S/C21H32N4O2/c1-6-12-26-20-13-15(2)9-10-18(20)14-24-21(22-5)23-11-7-8-19-16(3)25-27-17(19)4/h9-10,13H,6-8,11-12,14H2,1-5H3,(H2,22,23,24). The predicted octanol–water partition coefficient (Wildman–Crippen LogP) is 3.69. The average molecular weight is 373 g/mol. The lowest BCUT2D eigenvalue weighted by Crippen LogP contribution is -2.37. The summed E-state index contributed by atoms with van der Waals surface area (Å²) in [6, 6.07) is 6.31. The molecule has 0 atom stereocenters. The summed E-state index contributed by atoms with van der Waals surface area (Å²) < 4.78 is 11.1. The fraction of sp³-hybridized carbons (Fsp3) is 0.524. The van der Waals surface area contributed by atoms with Gasteiger partial charge in [-0.15, -0.1) is 0 Å². The highest BCUT2D eigenvalue weighted by Gasteiger charge is 2.09. The van der Waals surface area contributed by atoms with Gasteiger partial charge < -0.3 is 19.9 Å². The summed E-state index contributed by atoms with van der Waals surface area (Å²) >= 11 is 0. The Kier molecular flexibility index (Phi) is 8.17. The minimum Gasteiger partial charge on any atom is -0.493 e. The quantitative estimate of drug-likeness (QED) is 0.399. The monoisotopic (exact) mass is 372 g/mol. The lowest BCUT2D eigenvalue weighted by atomic mass is 10.1. The van der Waals surface area contributed by atoms with Crippen molar-refractivity contribution in [3.63, 3.8) is 0 Å². The Morgan fingerprint density at radius 3 is 2.70 bits per heavy atom. The second kappa shape index (κ2) is 10.6. The molecule has 6 nitrogen and oxygen atoms in total. The molecule has 27 heavy (non-hydrogen) atoms. The Labute approximate surface area is 162 Å². The molecular weight excluding hydrogens is 340 g/mol. The number of rotatable bonds is 9. The van der Waals surface area contributed by atoms with Gasteiger partial charge >= 0.3 is 0 Å². The summed E-state index contributed by atoms with van der Waals surface area (Å²) in [5.41, 5.74) is 4.52. The number of aromatic nitrogens is 1. The molecule has 1 aromatic heterocycles. The Balaban J connectivity index is 1.82. The van der Waals surface area contributed by atoms with Gasteiger partial charge in [-0.1, -0.05) is 24.2 Å². The van der Waals surface area contributed by atoms with E-state index in [4.69, 9.17) is 9.26 Å². The summed E-state index contributed by atoms with van der Waals surface area (Å²) in [4.78, 5) is 4.30. The van der Waals surface area contributed by atoms with Crippen molar-refractivity contribution in [3.8, 4) is 5.75 Å². The van der Waals surface area contributed by atoms with Crippen LogP contribution in [0.25, 0.3) is 0 Å². The molecule has 0 unspecified atom stereocenters. The van der Waals surface area contributed by atoms with Crippen LogP contribution in [-0.4, -0.2) is 31.3 Å². The van der Waals surface area contributed by atoms with Crippen molar-refractivity contribution >= 4 is 5.96 Å².